The molecule has 0 radical (unpaired) electrons. The second-order valence-electron chi connectivity index (χ2n) is 8.21. The number of carbonyl (C=O) groups is 2. The molecule has 0 aliphatic carbocycles. The largest absolute Gasteiger partial charge is 0.454 e. The van der Waals surface area contributed by atoms with Gasteiger partial charge in [0.05, 0.1) is 4.90 Å². The van der Waals surface area contributed by atoms with Crippen molar-refractivity contribution in [2.75, 3.05) is 6.61 Å². The number of benzene rings is 1. The molecule has 8 heteroatoms. The summed E-state index contributed by atoms with van der Waals surface area (Å²) >= 11 is 0. The first-order valence-electron chi connectivity index (χ1n) is 9.92. The van der Waals surface area contributed by atoms with Gasteiger partial charge in [-0.3, -0.25) is 9.59 Å². The molecule has 0 unspecified atom stereocenters. The molecule has 1 rings (SSSR count). The van der Waals surface area contributed by atoms with Gasteiger partial charge in [-0.2, -0.15) is 4.72 Å². The van der Waals surface area contributed by atoms with Crippen LogP contribution in [0.4, 0.5) is 0 Å². The first kappa shape index (κ1) is 25.1. The van der Waals surface area contributed by atoms with E-state index in [-0.39, 0.29) is 35.2 Å². The Hall–Kier alpha value is -1.93. The molecule has 0 spiro atoms. The minimum Gasteiger partial charge on any atom is -0.454 e. The number of amides is 1. The molecule has 0 aliphatic rings. The van der Waals surface area contributed by atoms with E-state index in [1.54, 1.807) is 17.0 Å². The van der Waals surface area contributed by atoms with Gasteiger partial charge in [0.1, 0.15) is 6.04 Å². The zero-order valence-corrected chi connectivity index (χ0v) is 19.2. The van der Waals surface area contributed by atoms with Crippen LogP contribution in [-0.4, -0.2) is 49.9 Å². The standard InChI is InChI=1S/C21H34N2O5S/c1-14(2)12-19(22-29(26,27)18-10-8-17(7)9-11-18)21(25)28-13-20(24)23(15(3)4)16(5)6/h8-11,14-16,19,22H,12-13H2,1-7H3/t19-/m0/s1. The Labute approximate surface area is 174 Å². The number of rotatable bonds is 10. The van der Waals surface area contributed by atoms with Crippen LogP contribution >= 0.6 is 0 Å². The van der Waals surface area contributed by atoms with Crippen molar-refractivity contribution in [3.63, 3.8) is 0 Å². The Morgan fingerprint density at radius 2 is 1.52 bits per heavy atom. The van der Waals surface area contributed by atoms with Crippen LogP contribution in [0, 0.1) is 12.8 Å². The van der Waals surface area contributed by atoms with E-state index < -0.39 is 28.6 Å². The third-order valence-corrected chi connectivity index (χ3v) is 5.85. The maximum atomic E-state index is 12.7. The predicted molar refractivity (Wildman–Crippen MR) is 113 cm³/mol. The van der Waals surface area contributed by atoms with Crippen molar-refractivity contribution in [2.45, 2.75) is 77.9 Å². The minimum atomic E-state index is -3.89. The Kier molecular flexibility index (Phi) is 9.29. The summed E-state index contributed by atoms with van der Waals surface area (Å²) in [4.78, 5) is 26.7. The average molecular weight is 427 g/mol. The predicted octanol–water partition coefficient (Wildman–Crippen LogP) is 2.88. The molecule has 0 saturated heterocycles. The third kappa shape index (κ3) is 7.78. The van der Waals surface area contributed by atoms with Crippen LogP contribution in [0.3, 0.4) is 0 Å². The molecule has 1 aromatic rings. The Morgan fingerprint density at radius 3 is 1.97 bits per heavy atom. The normalized spacial score (nSPS) is 13.0. The topological polar surface area (TPSA) is 92.8 Å². The fraction of sp³-hybridized carbons (Fsp3) is 0.619. The lowest BCUT2D eigenvalue weighted by Crippen LogP contribution is -2.46. The molecule has 1 N–H and O–H groups in total. The van der Waals surface area contributed by atoms with Gasteiger partial charge >= 0.3 is 5.97 Å². The Bertz CT molecular complexity index is 778. The molecule has 1 atom stereocenters. The van der Waals surface area contributed by atoms with E-state index in [0.29, 0.717) is 0 Å². The number of hydrogen-bond acceptors (Lipinski definition) is 5. The lowest BCUT2D eigenvalue weighted by Gasteiger charge is -2.30. The van der Waals surface area contributed by atoms with Crippen LogP contribution in [0.25, 0.3) is 0 Å². The summed E-state index contributed by atoms with van der Waals surface area (Å²) in [5, 5.41) is 0. The van der Waals surface area contributed by atoms with Crippen LogP contribution < -0.4 is 4.72 Å². The Morgan fingerprint density at radius 1 is 1.00 bits per heavy atom. The van der Waals surface area contributed by atoms with Crippen molar-refractivity contribution in [2.24, 2.45) is 5.92 Å². The highest BCUT2D eigenvalue weighted by molar-refractivity contribution is 7.89. The fourth-order valence-corrected chi connectivity index (χ4v) is 4.31. The van der Waals surface area contributed by atoms with Gasteiger partial charge in [0.2, 0.25) is 10.0 Å². The quantitative estimate of drug-likeness (QED) is 0.581. The number of esters is 1. The summed E-state index contributed by atoms with van der Waals surface area (Å²) in [6.45, 7) is 12.7. The highest BCUT2D eigenvalue weighted by Gasteiger charge is 2.29. The van der Waals surface area contributed by atoms with Gasteiger partial charge in [0.15, 0.2) is 6.61 Å². The average Bonchev–Trinajstić information content (AvgIpc) is 2.58. The molecule has 1 amide bonds. The molecule has 0 heterocycles. The second kappa shape index (κ2) is 10.7. The number of aryl methyl sites for hydroxylation is 1. The summed E-state index contributed by atoms with van der Waals surface area (Å²) in [5.41, 5.74) is 0.931. The molecular weight excluding hydrogens is 392 g/mol. The zero-order chi connectivity index (χ0) is 22.4. The van der Waals surface area contributed by atoms with Crippen LogP contribution in [0.1, 0.15) is 53.5 Å². The van der Waals surface area contributed by atoms with Crippen LogP contribution in [-0.2, 0) is 24.3 Å². The lowest BCUT2D eigenvalue weighted by molar-refractivity contribution is -0.155. The van der Waals surface area contributed by atoms with Crippen molar-refractivity contribution < 1.29 is 22.7 Å². The van der Waals surface area contributed by atoms with Crippen molar-refractivity contribution in [1.82, 2.24) is 9.62 Å². The molecular formula is C21H34N2O5S. The van der Waals surface area contributed by atoms with E-state index >= 15 is 0 Å². The Balaban J connectivity index is 2.90. The molecule has 0 aromatic heterocycles. The lowest BCUT2D eigenvalue weighted by atomic mass is 10.1. The summed E-state index contributed by atoms with van der Waals surface area (Å²) in [5.74, 6) is -1.02. The number of sulfonamides is 1. The highest BCUT2D eigenvalue weighted by Crippen LogP contribution is 2.14. The number of carbonyl (C=O) groups excluding carboxylic acids is 2. The van der Waals surface area contributed by atoms with E-state index in [9.17, 15) is 18.0 Å². The maximum absolute atomic E-state index is 12.7. The summed E-state index contributed by atoms with van der Waals surface area (Å²) < 4.78 is 33.0. The fourth-order valence-electron chi connectivity index (χ4n) is 3.12. The van der Waals surface area contributed by atoms with Gasteiger partial charge in [-0.25, -0.2) is 8.42 Å². The maximum Gasteiger partial charge on any atom is 0.324 e. The number of hydrogen-bond donors (Lipinski definition) is 1. The van der Waals surface area contributed by atoms with Crippen molar-refractivity contribution >= 4 is 21.9 Å². The van der Waals surface area contributed by atoms with Crippen molar-refractivity contribution in [1.29, 1.82) is 0 Å². The number of nitrogens with zero attached hydrogens (tertiary/aromatic N) is 1. The van der Waals surface area contributed by atoms with Crippen LogP contribution in [0.5, 0.6) is 0 Å². The summed E-state index contributed by atoms with van der Waals surface area (Å²) in [7, 11) is -3.89. The summed E-state index contributed by atoms with van der Waals surface area (Å²) in [6.07, 6.45) is 0.260. The molecule has 0 fully saturated rings. The van der Waals surface area contributed by atoms with Gasteiger partial charge in [-0.05, 0) is 59.1 Å². The van der Waals surface area contributed by atoms with Crippen molar-refractivity contribution in [3.05, 3.63) is 29.8 Å². The van der Waals surface area contributed by atoms with E-state index in [0.717, 1.165) is 5.56 Å². The van der Waals surface area contributed by atoms with Gasteiger partial charge in [0.25, 0.3) is 5.91 Å². The van der Waals surface area contributed by atoms with E-state index in [1.807, 2.05) is 48.5 Å². The number of ether oxygens (including phenoxy) is 1. The van der Waals surface area contributed by atoms with E-state index in [2.05, 4.69) is 4.72 Å². The first-order chi connectivity index (χ1) is 13.3. The zero-order valence-electron chi connectivity index (χ0n) is 18.4. The molecule has 29 heavy (non-hydrogen) atoms. The molecule has 0 bridgehead atoms. The van der Waals surface area contributed by atoms with Gasteiger partial charge in [0, 0.05) is 12.1 Å². The second-order valence-corrected chi connectivity index (χ2v) is 9.93. The van der Waals surface area contributed by atoms with Gasteiger partial charge < -0.3 is 9.64 Å². The molecule has 0 aliphatic heterocycles. The molecule has 0 saturated carbocycles. The highest BCUT2D eigenvalue weighted by atomic mass is 32.2. The summed E-state index contributed by atoms with van der Waals surface area (Å²) in [6, 6.07) is 5.22. The number of nitrogens with one attached hydrogen (secondary N) is 1. The molecule has 1 aromatic carbocycles. The monoisotopic (exact) mass is 426 g/mol. The minimum absolute atomic E-state index is 0.0345. The molecule has 164 valence electrons. The third-order valence-electron chi connectivity index (χ3n) is 4.36. The van der Waals surface area contributed by atoms with Gasteiger partial charge in [-0.15, -0.1) is 0 Å². The van der Waals surface area contributed by atoms with Crippen molar-refractivity contribution in [3.8, 4) is 0 Å². The van der Waals surface area contributed by atoms with E-state index in [1.165, 1.54) is 12.1 Å². The smallest absolute Gasteiger partial charge is 0.324 e. The molecule has 7 nitrogen and oxygen atoms in total. The van der Waals surface area contributed by atoms with E-state index in [4.69, 9.17) is 4.74 Å². The SMILES string of the molecule is Cc1ccc(S(=O)(=O)N[C@@H](CC(C)C)C(=O)OCC(=O)N(C(C)C)C(C)C)cc1. The van der Waals surface area contributed by atoms with Crippen LogP contribution in [0.15, 0.2) is 29.2 Å². The van der Waals surface area contributed by atoms with Crippen LogP contribution in [0.2, 0.25) is 0 Å². The van der Waals surface area contributed by atoms with Gasteiger partial charge in [-0.1, -0.05) is 31.5 Å². The first-order valence-corrected chi connectivity index (χ1v) is 11.4.